The van der Waals surface area contributed by atoms with Crippen molar-refractivity contribution in [1.82, 2.24) is 40.5 Å². The Kier molecular flexibility index (Phi) is 10.7. The highest BCUT2D eigenvalue weighted by atomic mass is 19.1. The van der Waals surface area contributed by atoms with Crippen molar-refractivity contribution in [1.29, 1.82) is 0 Å². The first-order valence-electron chi connectivity index (χ1n) is 18.5. The highest BCUT2D eigenvalue weighted by Gasteiger charge is 2.52. The number of amides is 3. The number of urea groups is 1. The summed E-state index contributed by atoms with van der Waals surface area (Å²) < 4.78 is 47.9. The molecule has 1 aliphatic carbocycles. The summed E-state index contributed by atoms with van der Waals surface area (Å²) in [6.07, 6.45) is 3.51. The van der Waals surface area contributed by atoms with Gasteiger partial charge in [-0.1, -0.05) is 29.9 Å². The van der Waals surface area contributed by atoms with Crippen molar-refractivity contribution >= 4 is 23.6 Å². The van der Waals surface area contributed by atoms with Crippen molar-refractivity contribution in [3.05, 3.63) is 107 Å². The second-order valence-electron chi connectivity index (χ2n) is 15.4. The molecule has 5 N–H and O–H groups in total. The van der Waals surface area contributed by atoms with Crippen LogP contribution in [0.25, 0.3) is 22.6 Å². The number of likely N-dealkylation sites (tertiary alicyclic amines) is 1. The Morgan fingerprint density at radius 1 is 1.09 bits per heavy atom. The van der Waals surface area contributed by atoms with Crippen molar-refractivity contribution in [2.75, 3.05) is 24.5 Å². The van der Waals surface area contributed by atoms with Crippen LogP contribution in [0, 0.1) is 24.0 Å². The number of allylic oxidation sites excluding steroid dienone is 1. The molecular weight excluding hydrogens is 757 g/mol. The van der Waals surface area contributed by atoms with E-state index in [2.05, 4.69) is 47.1 Å². The molecule has 3 amide bonds. The minimum Gasteiger partial charge on any atom is -0.475 e. The van der Waals surface area contributed by atoms with Gasteiger partial charge in [0.05, 0.1) is 17.6 Å². The maximum atomic E-state index is 15.3. The minimum absolute atomic E-state index is 0.138. The van der Waals surface area contributed by atoms with E-state index in [1.54, 1.807) is 32.9 Å². The van der Waals surface area contributed by atoms with E-state index < -0.39 is 29.1 Å². The van der Waals surface area contributed by atoms with Crippen LogP contribution in [0.2, 0.25) is 0 Å². The third-order valence-electron chi connectivity index (χ3n) is 10.9. The average molecular weight is 799 g/mol. The lowest BCUT2D eigenvalue weighted by Gasteiger charge is -2.59. The molecular formula is C40H41F3N10O5. The van der Waals surface area contributed by atoms with Crippen molar-refractivity contribution in [2.45, 2.75) is 64.5 Å². The molecule has 5 heterocycles. The Morgan fingerprint density at radius 2 is 1.84 bits per heavy atom. The molecule has 3 aliphatic rings. The number of carboxylic acids is 1. The van der Waals surface area contributed by atoms with Gasteiger partial charge < -0.3 is 15.4 Å². The fourth-order valence-electron chi connectivity index (χ4n) is 7.54. The largest absolute Gasteiger partial charge is 0.475 e. The molecule has 0 unspecified atom stereocenters. The molecule has 2 saturated heterocycles. The van der Waals surface area contributed by atoms with Crippen molar-refractivity contribution < 1.29 is 37.2 Å². The Balaban J connectivity index is 0.000000337. The van der Waals surface area contributed by atoms with E-state index in [-0.39, 0.29) is 65.5 Å². The molecule has 58 heavy (non-hydrogen) atoms. The molecule has 302 valence electrons. The Labute approximate surface area is 330 Å². The van der Waals surface area contributed by atoms with Crippen LogP contribution in [0.15, 0.2) is 65.6 Å². The van der Waals surface area contributed by atoms with Crippen molar-refractivity contribution in [2.24, 2.45) is 11.1 Å². The number of aromatic amines is 1. The highest BCUT2D eigenvalue weighted by molar-refractivity contribution is 6.05. The first-order valence-corrected chi connectivity index (χ1v) is 18.5. The zero-order valence-electron chi connectivity index (χ0n) is 32.0. The number of nitrogens with one attached hydrogen (secondary N) is 2. The Hall–Kier alpha value is -6.27. The maximum absolute atomic E-state index is 15.3. The number of H-pyrrole nitrogens is 1. The number of imide groups is 1. The molecule has 3 aromatic heterocycles. The second kappa shape index (κ2) is 15.6. The molecule has 8 rings (SSSR count). The summed E-state index contributed by atoms with van der Waals surface area (Å²) in [6, 6.07) is 10.7. The number of nitrogens with two attached hydrogens (primary N) is 1. The van der Waals surface area contributed by atoms with Gasteiger partial charge in [-0.05, 0) is 74.3 Å². The summed E-state index contributed by atoms with van der Waals surface area (Å²) >= 11 is 0. The summed E-state index contributed by atoms with van der Waals surface area (Å²) in [7, 11) is 0. The van der Waals surface area contributed by atoms with Gasteiger partial charge in [-0.3, -0.25) is 25.0 Å². The maximum Gasteiger partial charge on any atom is 0.374 e. The SMILES string of the molecule is C=C(F)C(C)(C)c1n[nH]c(CN)n1.Cc1nc(-c2cc(C(=O)O)on2)ncc1-c1ccc(CN2CC3(CC(c4ccc(N5CCC(=O)NC5=O)c(F)c4)C3)C2)cc1F. The number of aromatic nitrogens is 6. The summed E-state index contributed by atoms with van der Waals surface area (Å²) in [5.74, 6) is -1.91. The van der Waals surface area contributed by atoms with E-state index in [0.717, 1.165) is 37.1 Å². The molecule has 5 aromatic rings. The Bertz CT molecular complexity index is 2420. The van der Waals surface area contributed by atoms with Gasteiger partial charge >= 0.3 is 12.0 Å². The van der Waals surface area contributed by atoms with Crippen LogP contribution < -0.4 is 16.0 Å². The van der Waals surface area contributed by atoms with E-state index in [0.29, 0.717) is 35.0 Å². The van der Waals surface area contributed by atoms with Crippen LogP contribution in [0.4, 0.5) is 23.7 Å². The molecule has 2 aliphatic heterocycles. The monoisotopic (exact) mass is 798 g/mol. The number of rotatable bonds is 10. The van der Waals surface area contributed by atoms with Crippen LogP contribution in [-0.4, -0.2) is 77.9 Å². The van der Waals surface area contributed by atoms with Gasteiger partial charge in [0.2, 0.25) is 11.7 Å². The molecule has 1 saturated carbocycles. The fraction of sp³-hybridized carbons (Fsp3) is 0.350. The second-order valence-corrected chi connectivity index (χ2v) is 15.4. The number of hydrogen-bond acceptors (Lipinski definition) is 11. The first kappa shape index (κ1) is 39.9. The number of nitrogens with zero attached hydrogens (tertiary/aromatic N) is 7. The van der Waals surface area contributed by atoms with Gasteiger partial charge in [0.15, 0.2) is 17.3 Å². The van der Waals surface area contributed by atoms with Gasteiger partial charge in [-0.15, -0.1) is 0 Å². The van der Waals surface area contributed by atoms with Crippen LogP contribution in [-0.2, 0) is 23.3 Å². The quantitative estimate of drug-likeness (QED) is 0.130. The van der Waals surface area contributed by atoms with Gasteiger partial charge in [0.25, 0.3) is 0 Å². The first-order chi connectivity index (χ1) is 27.6. The molecule has 3 fully saturated rings. The number of carbonyl (C=O) groups is 3. The normalized spacial score (nSPS) is 16.6. The van der Waals surface area contributed by atoms with E-state index in [4.69, 9.17) is 15.4 Å². The summed E-state index contributed by atoms with van der Waals surface area (Å²) in [5.41, 5.74) is 8.16. The van der Waals surface area contributed by atoms with E-state index >= 15 is 4.39 Å². The summed E-state index contributed by atoms with van der Waals surface area (Å²) in [5, 5.41) is 21.4. The molecule has 0 bridgehead atoms. The zero-order chi connectivity index (χ0) is 41.5. The topological polar surface area (TPSA) is 209 Å². The fourth-order valence-corrected chi connectivity index (χ4v) is 7.54. The number of hydrogen-bond donors (Lipinski definition) is 4. The van der Waals surface area contributed by atoms with Crippen LogP contribution in [0.5, 0.6) is 0 Å². The number of carbonyl (C=O) groups excluding carboxylic acids is 2. The lowest BCUT2D eigenvalue weighted by Crippen LogP contribution is -2.61. The van der Waals surface area contributed by atoms with Gasteiger partial charge in [-0.25, -0.2) is 37.7 Å². The van der Waals surface area contributed by atoms with E-state index in [1.165, 1.54) is 29.3 Å². The standard InChI is InChI=1S/C32H28F2N6O5.C8H13FN4/c1-17-22(13-35-29(36-17)25-10-27(30(42)43)45-38-25)21-4-2-18(8-23(21)33)14-39-15-32(16-39)11-20(12-32)19-3-5-26(24(34)9-19)40-7-6-28(41)37-31(40)44;1-5(9)8(2,3)7-11-6(4-10)12-13-7/h2-5,8-10,13,20H,6-7,11-12,14-16H2,1H3,(H,42,43)(H,37,41,44);1,4,10H2,2-3H3,(H,11,12,13). The van der Waals surface area contributed by atoms with Crippen LogP contribution in [0.1, 0.15) is 78.1 Å². The van der Waals surface area contributed by atoms with Crippen LogP contribution in [0.3, 0.4) is 0 Å². The summed E-state index contributed by atoms with van der Waals surface area (Å²) in [6.45, 7) is 11.1. The molecule has 15 nitrogen and oxygen atoms in total. The Morgan fingerprint density at radius 3 is 2.45 bits per heavy atom. The predicted molar refractivity (Wildman–Crippen MR) is 204 cm³/mol. The number of aryl methyl sites for hydroxylation is 1. The number of carboxylic acid groups (broad SMARTS) is 1. The molecule has 2 aromatic carbocycles. The van der Waals surface area contributed by atoms with Crippen LogP contribution >= 0.6 is 0 Å². The third kappa shape index (κ3) is 7.97. The number of benzene rings is 2. The lowest BCUT2D eigenvalue weighted by molar-refractivity contribution is -0.120. The molecule has 0 radical (unpaired) electrons. The molecule has 18 heteroatoms. The van der Waals surface area contributed by atoms with E-state index in [1.807, 2.05) is 12.1 Å². The average Bonchev–Trinajstić information content (AvgIpc) is 3.85. The highest BCUT2D eigenvalue weighted by Crippen LogP contribution is 2.56. The lowest BCUT2D eigenvalue weighted by atomic mass is 9.56. The van der Waals surface area contributed by atoms with Gasteiger partial charge in [0, 0.05) is 61.7 Å². The van der Waals surface area contributed by atoms with Crippen molar-refractivity contribution in [3.8, 4) is 22.6 Å². The molecule has 0 atom stereocenters. The van der Waals surface area contributed by atoms with Gasteiger partial charge in [-0.2, -0.15) is 5.10 Å². The molecule has 1 spiro atoms. The number of halogens is 3. The minimum atomic E-state index is -1.25. The number of aromatic carboxylic acids is 1. The predicted octanol–water partition coefficient (Wildman–Crippen LogP) is 5.93. The third-order valence-corrected chi connectivity index (χ3v) is 10.9. The van der Waals surface area contributed by atoms with Gasteiger partial charge in [0.1, 0.15) is 23.3 Å². The zero-order valence-corrected chi connectivity index (χ0v) is 32.0. The van der Waals surface area contributed by atoms with E-state index in [9.17, 15) is 23.2 Å². The van der Waals surface area contributed by atoms with Crippen molar-refractivity contribution in [3.63, 3.8) is 0 Å². The smallest absolute Gasteiger partial charge is 0.374 e. The number of anilines is 1. The summed E-state index contributed by atoms with van der Waals surface area (Å²) in [4.78, 5) is 50.7.